The number of alkyl carbamates (subject to hydrolysis) is 1. The average molecular weight is 501 g/mol. The number of rotatable bonds is 12. The van der Waals surface area contributed by atoms with Crippen molar-refractivity contribution in [3.8, 4) is 0 Å². The van der Waals surface area contributed by atoms with E-state index in [2.05, 4.69) is 5.32 Å². The molecule has 1 aromatic carbocycles. The van der Waals surface area contributed by atoms with Gasteiger partial charge in [0, 0.05) is 11.4 Å². The Labute approximate surface area is 207 Å². The standard InChI is InChI=1S/C25H28N2O5S2/c1-31-24(29)21(12-5-6-14-26-25(30)32-18-19-9-3-2-4-10-19)27(17-20-11-7-15-33-20)23(28)22-13-8-16-34-22/h2-4,7-11,13,15-16,21H,5-6,12,14,17-18H2,1H3,(H,26,30). The fraction of sp³-hybridized carbons (Fsp3) is 0.320. The molecule has 0 saturated heterocycles. The Bertz CT molecular complexity index is 1020. The average Bonchev–Trinajstić information content (AvgIpc) is 3.58. The molecule has 3 aromatic rings. The number of benzene rings is 1. The fourth-order valence-corrected chi connectivity index (χ4v) is 4.78. The second kappa shape index (κ2) is 13.5. The number of hydrogen-bond donors (Lipinski definition) is 1. The molecule has 1 atom stereocenters. The van der Waals surface area contributed by atoms with E-state index in [0.29, 0.717) is 37.2 Å². The zero-order valence-corrected chi connectivity index (χ0v) is 20.6. The van der Waals surface area contributed by atoms with Crippen LogP contribution in [-0.2, 0) is 27.4 Å². The molecule has 180 valence electrons. The van der Waals surface area contributed by atoms with E-state index < -0.39 is 18.1 Å². The van der Waals surface area contributed by atoms with Crippen LogP contribution in [0.3, 0.4) is 0 Å². The molecule has 2 amide bonds. The largest absolute Gasteiger partial charge is 0.467 e. The Morgan fingerprint density at radius 1 is 0.971 bits per heavy atom. The Morgan fingerprint density at radius 2 is 1.74 bits per heavy atom. The third-order valence-electron chi connectivity index (χ3n) is 5.14. The summed E-state index contributed by atoms with van der Waals surface area (Å²) in [6, 6.07) is 16.2. The van der Waals surface area contributed by atoms with Crippen LogP contribution in [0.5, 0.6) is 0 Å². The van der Waals surface area contributed by atoms with Gasteiger partial charge in [0.15, 0.2) is 0 Å². The van der Waals surface area contributed by atoms with Crippen LogP contribution >= 0.6 is 22.7 Å². The van der Waals surface area contributed by atoms with Crippen molar-refractivity contribution >= 4 is 40.6 Å². The molecule has 0 saturated carbocycles. The molecule has 3 rings (SSSR count). The van der Waals surface area contributed by atoms with Crippen LogP contribution in [0.15, 0.2) is 65.4 Å². The highest BCUT2D eigenvalue weighted by Crippen LogP contribution is 2.22. The van der Waals surface area contributed by atoms with Crippen LogP contribution in [0.25, 0.3) is 0 Å². The van der Waals surface area contributed by atoms with Crippen molar-refractivity contribution in [2.24, 2.45) is 0 Å². The molecule has 1 unspecified atom stereocenters. The number of methoxy groups -OCH3 is 1. The topological polar surface area (TPSA) is 84.9 Å². The van der Waals surface area contributed by atoms with Crippen molar-refractivity contribution in [1.82, 2.24) is 10.2 Å². The van der Waals surface area contributed by atoms with Crippen molar-refractivity contribution in [2.75, 3.05) is 13.7 Å². The van der Waals surface area contributed by atoms with Crippen LogP contribution in [0.4, 0.5) is 4.79 Å². The Hall–Kier alpha value is -3.17. The third-order valence-corrected chi connectivity index (χ3v) is 6.85. The second-order valence-corrected chi connectivity index (χ2v) is 9.49. The van der Waals surface area contributed by atoms with Crippen molar-refractivity contribution in [2.45, 2.75) is 38.5 Å². The van der Waals surface area contributed by atoms with E-state index in [1.54, 1.807) is 11.0 Å². The summed E-state index contributed by atoms with van der Waals surface area (Å²) in [5, 5.41) is 6.51. The Morgan fingerprint density at radius 3 is 2.41 bits per heavy atom. The van der Waals surface area contributed by atoms with Gasteiger partial charge < -0.3 is 19.7 Å². The lowest BCUT2D eigenvalue weighted by atomic mass is 10.1. The number of unbranched alkanes of at least 4 members (excludes halogenated alkanes) is 1. The van der Waals surface area contributed by atoms with E-state index in [0.717, 1.165) is 10.4 Å². The van der Waals surface area contributed by atoms with Gasteiger partial charge in [-0.2, -0.15) is 0 Å². The van der Waals surface area contributed by atoms with E-state index in [-0.39, 0.29) is 12.5 Å². The molecule has 2 aromatic heterocycles. The van der Waals surface area contributed by atoms with Gasteiger partial charge in [0.05, 0.1) is 18.5 Å². The number of esters is 1. The summed E-state index contributed by atoms with van der Waals surface area (Å²) in [7, 11) is 1.33. The van der Waals surface area contributed by atoms with Gasteiger partial charge in [-0.3, -0.25) is 4.79 Å². The van der Waals surface area contributed by atoms with E-state index in [4.69, 9.17) is 9.47 Å². The molecule has 2 heterocycles. The van der Waals surface area contributed by atoms with Gasteiger partial charge in [0.2, 0.25) is 0 Å². The molecule has 0 aliphatic carbocycles. The number of carbonyl (C=O) groups is 3. The van der Waals surface area contributed by atoms with E-state index in [9.17, 15) is 14.4 Å². The zero-order chi connectivity index (χ0) is 24.2. The van der Waals surface area contributed by atoms with Crippen LogP contribution in [0.1, 0.15) is 39.4 Å². The first kappa shape index (κ1) is 25.5. The molecular formula is C25H28N2O5S2. The molecule has 7 nitrogen and oxygen atoms in total. The predicted octanol–water partition coefficient (Wildman–Crippen LogP) is 5.09. The van der Waals surface area contributed by atoms with Crippen molar-refractivity contribution < 1.29 is 23.9 Å². The van der Waals surface area contributed by atoms with E-state index >= 15 is 0 Å². The summed E-state index contributed by atoms with van der Waals surface area (Å²) in [5.41, 5.74) is 0.916. The molecule has 0 spiro atoms. The predicted molar refractivity (Wildman–Crippen MR) is 133 cm³/mol. The highest BCUT2D eigenvalue weighted by atomic mass is 32.1. The summed E-state index contributed by atoms with van der Waals surface area (Å²) >= 11 is 2.88. The Kier molecular flexibility index (Phi) is 10.1. The monoisotopic (exact) mass is 500 g/mol. The zero-order valence-electron chi connectivity index (χ0n) is 19.0. The molecule has 1 N–H and O–H groups in total. The molecule has 34 heavy (non-hydrogen) atoms. The SMILES string of the molecule is COC(=O)C(CCCCNC(=O)OCc1ccccc1)N(Cc1cccs1)C(=O)c1cccs1. The van der Waals surface area contributed by atoms with Gasteiger partial charge in [-0.25, -0.2) is 9.59 Å². The number of ether oxygens (including phenoxy) is 2. The first-order valence-electron chi connectivity index (χ1n) is 11.0. The van der Waals surface area contributed by atoms with E-state index in [1.165, 1.54) is 29.8 Å². The number of hydrogen-bond acceptors (Lipinski definition) is 7. The highest BCUT2D eigenvalue weighted by Gasteiger charge is 2.31. The lowest BCUT2D eigenvalue weighted by Gasteiger charge is -2.29. The van der Waals surface area contributed by atoms with Crippen molar-refractivity contribution in [3.05, 3.63) is 80.7 Å². The highest BCUT2D eigenvalue weighted by molar-refractivity contribution is 7.12. The minimum atomic E-state index is -0.716. The first-order valence-corrected chi connectivity index (χ1v) is 12.7. The summed E-state index contributed by atoms with van der Waals surface area (Å²) in [4.78, 5) is 40.9. The quantitative estimate of drug-likeness (QED) is 0.277. The van der Waals surface area contributed by atoms with Gasteiger partial charge in [-0.05, 0) is 47.7 Å². The molecule has 9 heteroatoms. The van der Waals surface area contributed by atoms with E-state index in [1.807, 2.05) is 59.3 Å². The third kappa shape index (κ3) is 7.71. The van der Waals surface area contributed by atoms with Crippen LogP contribution in [-0.4, -0.2) is 42.6 Å². The maximum atomic E-state index is 13.2. The molecule has 0 bridgehead atoms. The normalized spacial score (nSPS) is 11.4. The summed E-state index contributed by atoms with van der Waals surface area (Å²) in [5.74, 6) is -0.641. The number of nitrogens with zero attached hydrogens (tertiary/aromatic N) is 1. The molecular weight excluding hydrogens is 472 g/mol. The first-order chi connectivity index (χ1) is 16.6. The lowest BCUT2D eigenvalue weighted by molar-refractivity contribution is -0.146. The number of carbonyl (C=O) groups excluding carboxylic acids is 3. The smallest absolute Gasteiger partial charge is 0.407 e. The number of nitrogens with one attached hydrogen (secondary N) is 1. The summed E-state index contributed by atoms with van der Waals surface area (Å²) in [6.07, 6.45) is 1.20. The van der Waals surface area contributed by atoms with Gasteiger partial charge in [-0.15, -0.1) is 22.7 Å². The molecule has 0 fully saturated rings. The molecule has 0 aliphatic rings. The Balaban J connectivity index is 1.53. The second-order valence-electron chi connectivity index (χ2n) is 7.51. The number of thiophene rings is 2. The minimum Gasteiger partial charge on any atom is -0.467 e. The molecule has 0 aliphatic heterocycles. The lowest BCUT2D eigenvalue weighted by Crippen LogP contribution is -2.45. The summed E-state index contributed by atoms with van der Waals surface area (Å²) < 4.78 is 10.2. The molecule has 0 radical (unpaired) electrons. The van der Waals surface area contributed by atoms with Gasteiger partial charge in [0.1, 0.15) is 12.6 Å². The summed E-state index contributed by atoms with van der Waals surface area (Å²) in [6.45, 7) is 0.948. The van der Waals surface area contributed by atoms with Gasteiger partial charge >= 0.3 is 12.1 Å². The fourth-order valence-electron chi connectivity index (χ4n) is 3.40. The van der Waals surface area contributed by atoms with Crippen LogP contribution in [0.2, 0.25) is 0 Å². The van der Waals surface area contributed by atoms with Crippen LogP contribution in [0, 0.1) is 0 Å². The van der Waals surface area contributed by atoms with Gasteiger partial charge in [0.25, 0.3) is 5.91 Å². The number of amides is 2. The van der Waals surface area contributed by atoms with Gasteiger partial charge in [-0.1, -0.05) is 42.5 Å². The van der Waals surface area contributed by atoms with Crippen LogP contribution < -0.4 is 5.32 Å². The van der Waals surface area contributed by atoms with Crippen molar-refractivity contribution in [3.63, 3.8) is 0 Å². The van der Waals surface area contributed by atoms with Crippen molar-refractivity contribution in [1.29, 1.82) is 0 Å². The maximum Gasteiger partial charge on any atom is 0.407 e. The minimum absolute atomic E-state index is 0.193. The maximum absolute atomic E-state index is 13.2.